The van der Waals surface area contributed by atoms with Gasteiger partial charge in [0, 0.05) is 11.1 Å². The molecule has 7 heteroatoms. The summed E-state index contributed by atoms with van der Waals surface area (Å²) < 4.78 is 2.38. The zero-order valence-corrected chi connectivity index (χ0v) is 16.8. The summed E-state index contributed by atoms with van der Waals surface area (Å²) in [4.78, 5) is 38.6. The number of nitrogens with one attached hydrogen (secondary N) is 1. The van der Waals surface area contributed by atoms with Gasteiger partial charge in [0.15, 0.2) is 0 Å². The SMILES string of the molecule is CC[C@@H](C)NC(=O)Cn1c(=O)n(-c2ccc(C)c(Cl)c2)c(=O)c2ccccc21. The fourth-order valence-corrected chi connectivity index (χ4v) is 3.16. The summed E-state index contributed by atoms with van der Waals surface area (Å²) >= 11 is 6.20. The number of amides is 1. The number of fused-ring (bicyclic) bond motifs is 1. The topological polar surface area (TPSA) is 73.1 Å². The van der Waals surface area contributed by atoms with Gasteiger partial charge in [-0.25, -0.2) is 9.36 Å². The molecule has 0 radical (unpaired) electrons. The van der Waals surface area contributed by atoms with Crippen molar-refractivity contribution in [3.8, 4) is 5.69 Å². The van der Waals surface area contributed by atoms with Crippen LogP contribution in [0, 0.1) is 6.92 Å². The first-order valence-electron chi connectivity index (χ1n) is 9.14. The van der Waals surface area contributed by atoms with Crippen molar-refractivity contribution in [1.29, 1.82) is 0 Å². The molecule has 3 rings (SSSR count). The zero-order valence-electron chi connectivity index (χ0n) is 16.0. The van der Waals surface area contributed by atoms with Crippen LogP contribution < -0.4 is 16.6 Å². The van der Waals surface area contributed by atoms with E-state index in [2.05, 4.69) is 5.32 Å². The molecule has 1 heterocycles. The Bertz CT molecular complexity index is 1160. The highest BCUT2D eigenvalue weighted by atomic mass is 35.5. The fourth-order valence-electron chi connectivity index (χ4n) is 2.99. The Labute approximate surface area is 167 Å². The Morgan fingerprint density at radius 1 is 1.18 bits per heavy atom. The average molecular weight is 400 g/mol. The molecule has 0 saturated heterocycles. The third-order valence-electron chi connectivity index (χ3n) is 4.79. The highest BCUT2D eigenvalue weighted by Gasteiger charge is 2.17. The number of hydrogen-bond acceptors (Lipinski definition) is 3. The maximum absolute atomic E-state index is 13.2. The number of halogens is 1. The lowest BCUT2D eigenvalue weighted by Gasteiger charge is -2.16. The first-order chi connectivity index (χ1) is 13.3. The fraction of sp³-hybridized carbons (Fsp3) is 0.286. The van der Waals surface area contributed by atoms with Crippen molar-refractivity contribution < 1.29 is 4.79 Å². The Hall–Kier alpha value is -2.86. The number of aromatic nitrogens is 2. The van der Waals surface area contributed by atoms with Crippen LogP contribution in [0.3, 0.4) is 0 Å². The van der Waals surface area contributed by atoms with Crippen LogP contribution in [-0.4, -0.2) is 21.1 Å². The van der Waals surface area contributed by atoms with E-state index in [0.29, 0.717) is 21.6 Å². The van der Waals surface area contributed by atoms with Gasteiger partial charge in [-0.15, -0.1) is 0 Å². The van der Waals surface area contributed by atoms with Crippen LogP contribution in [0.1, 0.15) is 25.8 Å². The minimum absolute atomic E-state index is 0.00345. The molecule has 0 bridgehead atoms. The number of aryl methyl sites for hydroxylation is 1. The van der Waals surface area contributed by atoms with Gasteiger partial charge in [0.05, 0.1) is 16.6 Å². The number of carbonyl (C=O) groups is 1. The molecular weight excluding hydrogens is 378 g/mol. The van der Waals surface area contributed by atoms with Crippen molar-refractivity contribution in [2.24, 2.45) is 0 Å². The third kappa shape index (κ3) is 3.73. The molecule has 0 saturated carbocycles. The largest absolute Gasteiger partial charge is 0.352 e. The smallest absolute Gasteiger partial charge is 0.336 e. The zero-order chi connectivity index (χ0) is 20.4. The monoisotopic (exact) mass is 399 g/mol. The number of nitrogens with zero attached hydrogens (tertiary/aromatic N) is 2. The second kappa shape index (κ2) is 8.02. The van der Waals surface area contributed by atoms with E-state index in [9.17, 15) is 14.4 Å². The standard InChI is InChI=1S/C21H22ClN3O3/c1-4-14(3)23-19(26)12-24-18-8-6-5-7-16(18)20(27)25(21(24)28)15-10-9-13(2)17(22)11-15/h5-11,14H,4,12H2,1-3H3,(H,23,26)/t14-/m1/s1. The normalized spacial score (nSPS) is 12.1. The quantitative estimate of drug-likeness (QED) is 0.716. The summed E-state index contributed by atoms with van der Waals surface area (Å²) in [6.45, 7) is 5.53. The average Bonchev–Trinajstić information content (AvgIpc) is 2.68. The van der Waals surface area contributed by atoms with E-state index in [0.717, 1.165) is 16.6 Å². The number of carbonyl (C=O) groups excluding carboxylic acids is 1. The van der Waals surface area contributed by atoms with Crippen LogP contribution in [-0.2, 0) is 11.3 Å². The molecule has 0 aliphatic carbocycles. The van der Waals surface area contributed by atoms with E-state index >= 15 is 0 Å². The molecule has 6 nitrogen and oxygen atoms in total. The maximum atomic E-state index is 13.2. The number of para-hydroxylation sites is 1. The van der Waals surface area contributed by atoms with Crippen molar-refractivity contribution in [2.45, 2.75) is 39.8 Å². The second-order valence-corrected chi connectivity index (χ2v) is 7.24. The first-order valence-corrected chi connectivity index (χ1v) is 9.51. The van der Waals surface area contributed by atoms with Crippen molar-refractivity contribution >= 4 is 28.4 Å². The van der Waals surface area contributed by atoms with Gasteiger partial charge in [0.2, 0.25) is 5.91 Å². The first kappa shape index (κ1) is 19.9. The summed E-state index contributed by atoms with van der Waals surface area (Å²) in [5.41, 5.74) is 0.605. The highest BCUT2D eigenvalue weighted by Crippen LogP contribution is 2.18. The highest BCUT2D eigenvalue weighted by molar-refractivity contribution is 6.31. The van der Waals surface area contributed by atoms with Crippen molar-refractivity contribution in [2.75, 3.05) is 0 Å². The number of benzene rings is 2. The maximum Gasteiger partial charge on any atom is 0.336 e. The molecule has 1 atom stereocenters. The van der Waals surface area contributed by atoms with Crippen LogP contribution in [0.15, 0.2) is 52.1 Å². The van der Waals surface area contributed by atoms with Crippen LogP contribution in [0.5, 0.6) is 0 Å². The van der Waals surface area contributed by atoms with Gasteiger partial charge < -0.3 is 5.32 Å². The van der Waals surface area contributed by atoms with Crippen LogP contribution in [0.4, 0.5) is 0 Å². The van der Waals surface area contributed by atoms with E-state index < -0.39 is 11.2 Å². The molecular formula is C21H22ClN3O3. The summed E-state index contributed by atoms with van der Waals surface area (Å²) in [5.74, 6) is -0.284. The molecule has 0 unspecified atom stereocenters. The molecule has 1 N–H and O–H groups in total. The number of rotatable bonds is 5. The molecule has 3 aromatic rings. The lowest BCUT2D eigenvalue weighted by molar-refractivity contribution is -0.122. The lowest BCUT2D eigenvalue weighted by Crippen LogP contribution is -2.43. The molecule has 0 spiro atoms. The van der Waals surface area contributed by atoms with Gasteiger partial charge in [-0.3, -0.25) is 14.2 Å². The Morgan fingerprint density at radius 3 is 2.57 bits per heavy atom. The Morgan fingerprint density at radius 2 is 1.89 bits per heavy atom. The predicted octanol–water partition coefficient (Wildman–Crippen LogP) is 3.03. The molecule has 0 aliphatic rings. The Kier molecular flexibility index (Phi) is 5.70. The van der Waals surface area contributed by atoms with E-state index in [-0.39, 0.29) is 18.5 Å². The van der Waals surface area contributed by atoms with Crippen LogP contribution >= 0.6 is 11.6 Å². The van der Waals surface area contributed by atoms with Crippen LogP contribution in [0.25, 0.3) is 16.6 Å². The summed E-state index contributed by atoms with van der Waals surface area (Å²) in [6.07, 6.45) is 0.781. The van der Waals surface area contributed by atoms with Gasteiger partial charge in [-0.05, 0) is 50.1 Å². The molecule has 146 valence electrons. The van der Waals surface area contributed by atoms with Gasteiger partial charge in [0.1, 0.15) is 6.54 Å². The third-order valence-corrected chi connectivity index (χ3v) is 5.19. The van der Waals surface area contributed by atoms with Gasteiger partial charge in [-0.1, -0.05) is 36.7 Å². The summed E-state index contributed by atoms with van der Waals surface area (Å²) in [5, 5.41) is 3.67. The Balaban J connectivity index is 2.23. The van der Waals surface area contributed by atoms with E-state index in [1.54, 1.807) is 42.5 Å². The van der Waals surface area contributed by atoms with Crippen molar-refractivity contribution in [3.05, 3.63) is 73.9 Å². The lowest BCUT2D eigenvalue weighted by atomic mass is 10.2. The van der Waals surface area contributed by atoms with E-state index in [1.165, 1.54) is 4.57 Å². The second-order valence-electron chi connectivity index (χ2n) is 6.84. The number of hydrogen-bond donors (Lipinski definition) is 1. The molecule has 0 fully saturated rings. The molecule has 0 aliphatic heterocycles. The molecule has 1 amide bonds. The van der Waals surface area contributed by atoms with Gasteiger partial charge in [0.25, 0.3) is 5.56 Å². The molecule has 2 aromatic carbocycles. The van der Waals surface area contributed by atoms with Crippen molar-refractivity contribution in [1.82, 2.24) is 14.5 Å². The minimum atomic E-state index is -0.581. The van der Waals surface area contributed by atoms with Crippen molar-refractivity contribution in [3.63, 3.8) is 0 Å². The van der Waals surface area contributed by atoms with E-state index in [1.807, 2.05) is 20.8 Å². The molecule has 28 heavy (non-hydrogen) atoms. The summed E-state index contributed by atoms with van der Waals surface area (Å²) in [7, 11) is 0. The van der Waals surface area contributed by atoms with Gasteiger partial charge >= 0.3 is 5.69 Å². The van der Waals surface area contributed by atoms with Gasteiger partial charge in [-0.2, -0.15) is 0 Å². The molecule has 1 aromatic heterocycles. The predicted molar refractivity (Wildman–Crippen MR) is 111 cm³/mol. The minimum Gasteiger partial charge on any atom is -0.352 e. The van der Waals surface area contributed by atoms with E-state index in [4.69, 9.17) is 11.6 Å². The summed E-state index contributed by atoms with van der Waals surface area (Å²) in [6, 6.07) is 11.8. The van der Waals surface area contributed by atoms with Crippen LogP contribution in [0.2, 0.25) is 5.02 Å².